The molecular weight excluding hydrogens is 742 g/mol. The van der Waals surface area contributed by atoms with Gasteiger partial charge in [-0.25, -0.2) is 4.31 Å². The van der Waals surface area contributed by atoms with Crippen LogP contribution in [0.25, 0.3) is 0 Å². The lowest BCUT2D eigenvalue weighted by Gasteiger charge is -2.46. The maximum absolute atomic E-state index is 10.1. The molecule has 4 heterocycles. The fourth-order valence-electron chi connectivity index (χ4n) is 9.55. The molecule has 2 N–H and O–H groups in total. The second-order valence-electron chi connectivity index (χ2n) is 19.5. The minimum absolute atomic E-state index is 0.190. The van der Waals surface area contributed by atoms with Gasteiger partial charge in [0, 0.05) is 16.5 Å². The summed E-state index contributed by atoms with van der Waals surface area (Å²) in [6.45, 7) is 25.1. The van der Waals surface area contributed by atoms with Gasteiger partial charge in [-0.2, -0.15) is 0 Å². The monoisotopic (exact) mass is 829 g/mol. The van der Waals surface area contributed by atoms with Gasteiger partial charge < -0.3 is 18.8 Å². The van der Waals surface area contributed by atoms with Crippen molar-refractivity contribution in [1.82, 2.24) is 0 Å². The minimum Gasteiger partial charge on any atom is -0.417 e. The number of aryl methyl sites for hydroxylation is 2. The van der Waals surface area contributed by atoms with Gasteiger partial charge in [-0.1, -0.05) is 209 Å². The molecule has 4 aliphatic heterocycles. The predicted octanol–water partition coefficient (Wildman–Crippen LogP) is 17.1. The van der Waals surface area contributed by atoms with Gasteiger partial charge >= 0.3 is 17.2 Å². The van der Waals surface area contributed by atoms with Crippen LogP contribution in [0, 0.1) is 19.8 Å². The van der Waals surface area contributed by atoms with E-state index in [1.165, 1.54) is 157 Å². The van der Waals surface area contributed by atoms with Crippen LogP contribution in [0.5, 0.6) is 11.5 Å². The van der Waals surface area contributed by atoms with Gasteiger partial charge in [0.25, 0.3) is 0 Å². The molecule has 57 heavy (non-hydrogen) atoms. The zero-order valence-electron chi connectivity index (χ0n) is 38.7. The van der Waals surface area contributed by atoms with Crippen LogP contribution in [0.1, 0.15) is 243 Å². The smallest absolute Gasteiger partial charge is 0.417 e. The molecule has 6 rings (SSSR count). The summed E-state index contributed by atoms with van der Waals surface area (Å²) in [6, 6.07) is 9.34. The number of hydrogen-bond acceptors (Lipinski definition) is 5. The third-order valence-corrected chi connectivity index (χ3v) is 14.5. The fourth-order valence-corrected chi connectivity index (χ4v) is 11.0. The molecule has 0 spiro atoms. The Morgan fingerprint density at radius 1 is 0.579 bits per heavy atom. The Hall–Kier alpha value is -1.22. The Morgan fingerprint density at radius 3 is 1.30 bits per heavy atom. The average molecular weight is 829 g/mol. The summed E-state index contributed by atoms with van der Waals surface area (Å²) in [5.74, 6) is 1.87. The molecular formula is C50H86O5P2. The third-order valence-electron chi connectivity index (χ3n) is 12.7. The zero-order chi connectivity index (χ0) is 42.1. The van der Waals surface area contributed by atoms with Gasteiger partial charge in [-0.05, 0) is 77.8 Å². The highest BCUT2D eigenvalue weighted by molar-refractivity contribution is 7.55. The Kier molecular flexibility index (Phi) is 21.9. The van der Waals surface area contributed by atoms with Gasteiger partial charge in [0.15, 0.2) is 0 Å². The topological polar surface area (TPSA) is 68.2 Å². The van der Waals surface area contributed by atoms with E-state index in [1.54, 1.807) is 0 Å². The summed E-state index contributed by atoms with van der Waals surface area (Å²) >= 11 is 0. The van der Waals surface area contributed by atoms with Gasteiger partial charge in [0.1, 0.15) is 11.5 Å². The molecule has 4 bridgehead atoms. The highest BCUT2D eigenvalue weighted by atomic mass is 31.2. The Balaban J connectivity index is 2.15. The van der Waals surface area contributed by atoms with Gasteiger partial charge in [-0.3, -0.25) is 0 Å². The first-order chi connectivity index (χ1) is 27.1. The third kappa shape index (κ3) is 15.3. The van der Waals surface area contributed by atoms with Crippen molar-refractivity contribution in [2.24, 2.45) is 5.92 Å². The summed E-state index contributed by atoms with van der Waals surface area (Å²) in [6.07, 6.45) is 30.2. The van der Waals surface area contributed by atoms with Gasteiger partial charge in [0.2, 0.25) is 0 Å². The van der Waals surface area contributed by atoms with Crippen LogP contribution in [-0.2, 0) is 20.6 Å². The molecule has 5 nitrogen and oxygen atoms in total. The van der Waals surface area contributed by atoms with E-state index in [-0.39, 0.29) is 16.2 Å². The van der Waals surface area contributed by atoms with Crippen molar-refractivity contribution in [3.63, 3.8) is 0 Å². The van der Waals surface area contributed by atoms with Crippen LogP contribution in [-0.4, -0.2) is 9.79 Å². The van der Waals surface area contributed by atoms with Crippen LogP contribution in [0.4, 0.5) is 0 Å². The normalized spacial score (nSPS) is 17.8. The molecule has 0 radical (unpaired) electrons. The fraction of sp³-hybridized carbons (Fsp3) is 0.760. The van der Waals surface area contributed by atoms with E-state index in [4.69, 9.17) is 13.4 Å². The van der Waals surface area contributed by atoms with Crippen molar-refractivity contribution < 1.29 is 23.1 Å². The molecule has 1 atom stereocenters. The number of unbranched alkanes of at least 4 members (excludes halogenated alkanes) is 18. The van der Waals surface area contributed by atoms with E-state index in [0.717, 1.165) is 24.0 Å². The van der Waals surface area contributed by atoms with Crippen LogP contribution in [0.2, 0.25) is 0 Å². The SMILES string of the molecule is CCCCCCCCCCCCC(CC)C1(CCCCCCCCCCCC)c2cc(C(C)(C)C)c(cc2C)OP(OP(O)O)Oc2cc(C)c1cc2C(C)(C)C. The van der Waals surface area contributed by atoms with Crippen molar-refractivity contribution in [2.75, 3.05) is 0 Å². The minimum atomic E-state index is -2.70. The molecule has 4 aliphatic rings. The van der Waals surface area contributed by atoms with Crippen molar-refractivity contribution in [3.8, 4) is 11.5 Å². The molecule has 0 aromatic heterocycles. The lowest BCUT2D eigenvalue weighted by atomic mass is 9.58. The highest BCUT2D eigenvalue weighted by Crippen LogP contribution is 2.57. The highest BCUT2D eigenvalue weighted by Gasteiger charge is 2.45. The molecule has 0 aliphatic carbocycles. The predicted molar refractivity (Wildman–Crippen MR) is 248 cm³/mol. The summed E-state index contributed by atoms with van der Waals surface area (Å²) in [4.78, 5) is 20.2. The molecule has 7 heteroatoms. The molecule has 2 aromatic rings. The van der Waals surface area contributed by atoms with E-state index in [0.29, 0.717) is 17.4 Å². The molecule has 0 saturated heterocycles. The van der Waals surface area contributed by atoms with Crippen molar-refractivity contribution in [3.05, 3.63) is 57.6 Å². The van der Waals surface area contributed by atoms with E-state index in [1.807, 2.05) is 0 Å². The molecule has 2 aromatic carbocycles. The van der Waals surface area contributed by atoms with Crippen LogP contribution in [0.15, 0.2) is 24.3 Å². The Morgan fingerprint density at radius 2 is 0.947 bits per heavy atom. The molecule has 326 valence electrons. The lowest BCUT2D eigenvalue weighted by Crippen LogP contribution is -2.39. The van der Waals surface area contributed by atoms with Crippen LogP contribution in [0.3, 0.4) is 0 Å². The van der Waals surface area contributed by atoms with Crippen molar-refractivity contribution in [1.29, 1.82) is 0 Å². The number of rotatable bonds is 26. The van der Waals surface area contributed by atoms with Crippen molar-refractivity contribution in [2.45, 2.75) is 240 Å². The van der Waals surface area contributed by atoms with E-state index in [2.05, 4.69) is 100 Å². The first-order valence-corrected chi connectivity index (χ1v) is 25.7. The zero-order valence-corrected chi connectivity index (χ0v) is 40.5. The second kappa shape index (κ2) is 24.9. The number of benzene rings is 2. The summed E-state index contributed by atoms with van der Waals surface area (Å²) < 4.78 is 18.9. The van der Waals surface area contributed by atoms with E-state index in [9.17, 15) is 9.79 Å². The largest absolute Gasteiger partial charge is 0.470 e. The van der Waals surface area contributed by atoms with E-state index >= 15 is 0 Å². The molecule has 0 saturated carbocycles. The quantitative estimate of drug-likeness (QED) is 0.0730. The van der Waals surface area contributed by atoms with Crippen molar-refractivity contribution >= 4 is 17.2 Å². The average Bonchev–Trinajstić information content (AvgIpc) is 3.12. The maximum atomic E-state index is 10.1. The maximum Gasteiger partial charge on any atom is 0.470 e. The Bertz CT molecular complexity index is 1370. The molecule has 1 unspecified atom stereocenters. The van der Waals surface area contributed by atoms with E-state index < -0.39 is 17.2 Å². The first kappa shape index (κ1) is 50.1. The lowest BCUT2D eigenvalue weighted by molar-refractivity contribution is 0.254. The second-order valence-corrected chi connectivity index (χ2v) is 21.5. The molecule has 0 fully saturated rings. The van der Waals surface area contributed by atoms with Gasteiger partial charge in [0.05, 0.1) is 0 Å². The summed E-state index contributed by atoms with van der Waals surface area (Å²) in [5.41, 5.74) is 6.86. The van der Waals surface area contributed by atoms with Crippen LogP contribution < -0.4 is 9.05 Å². The number of hydrogen-bond donors (Lipinski definition) is 2. The van der Waals surface area contributed by atoms with Crippen LogP contribution >= 0.6 is 17.2 Å². The van der Waals surface area contributed by atoms with Gasteiger partial charge in [-0.15, -0.1) is 0 Å². The standard InChI is InChI=1S/C50H86O5P2/c1-12-15-17-19-21-23-25-27-29-31-33-41(14-3)50(34-32-30-28-26-24-22-20-18-16-13-2)42-37-44(48(6,7)8)46(35-39(42)4)53-57(55-56(51)52)54-47-36-40(5)43(50)38-45(47)49(9,10)11/h35-38,41,51-52H,12-34H2,1-11H3. The Labute approximate surface area is 354 Å². The summed E-state index contributed by atoms with van der Waals surface area (Å²) in [7, 11) is -4.84. The molecule has 0 amide bonds. The summed E-state index contributed by atoms with van der Waals surface area (Å²) in [5, 5.41) is 0. The first-order valence-electron chi connectivity index (χ1n) is 23.4.